The van der Waals surface area contributed by atoms with Crippen molar-refractivity contribution >= 4 is 49.6 Å². The first-order chi connectivity index (χ1) is 21.5. The molecule has 1 aliphatic carbocycles. The molecule has 4 heterocycles. The first-order valence-electron chi connectivity index (χ1n) is 15.8. The lowest BCUT2D eigenvalue weighted by molar-refractivity contribution is 0.153. The van der Waals surface area contributed by atoms with Crippen molar-refractivity contribution in [2.75, 3.05) is 0 Å². The zero-order chi connectivity index (χ0) is 29.5. The number of aliphatic imine (C=N–C) groups is 1. The normalized spacial score (nSPS) is 18.3. The summed E-state index contributed by atoms with van der Waals surface area (Å²) >= 11 is 0. The van der Waals surface area contributed by atoms with Gasteiger partial charge in [0.25, 0.3) is 0 Å². The molecule has 7 aromatic rings. The van der Waals surface area contributed by atoms with Gasteiger partial charge in [0, 0.05) is 44.7 Å². The number of pyridine rings is 1. The third-order valence-electron chi connectivity index (χ3n) is 9.63. The number of hydrogen-bond donors (Lipinski definition) is 0. The average molecular weight is 575 g/mol. The fraction of sp³-hybridized carbons (Fsp3) is 0.231. The van der Waals surface area contributed by atoms with E-state index in [1.165, 1.54) is 62.1 Å². The van der Waals surface area contributed by atoms with E-state index in [0.29, 0.717) is 6.04 Å². The Morgan fingerprint density at radius 2 is 1.41 bits per heavy atom. The number of aromatic nitrogens is 3. The number of hydrogen-bond acceptors (Lipinski definition) is 3. The number of nitrogens with zero attached hydrogens (tertiary/aromatic N) is 4. The monoisotopic (exact) mass is 574 g/mol. The van der Waals surface area contributed by atoms with Gasteiger partial charge in [0.1, 0.15) is 11.8 Å². The zero-order valence-corrected chi connectivity index (χ0v) is 25.3. The minimum absolute atomic E-state index is 0.227. The summed E-state index contributed by atoms with van der Waals surface area (Å²) in [7, 11) is 0. The van der Waals surface area contributed by atoms with E-state index in [1.807, 2.05) is 12.3 Å². The van der Waals surface area contributed by atoms with Gasteiger partial charge in [-0.05, 0) is 112 Å². The smallest absolute Gasteiger partial charge is 0.216 e. The number of aryl methyl sites for hydroxylation is 3. The van der Waals surface area contributed by atoms with Crippen LogP contribution in [0.2, 0.25) is 0 Å². The lowest BCUT2D eigenvalue weighted by Crippen LogP contribution is -2.26. The maximum Gasteiger partial charge on any atom is 0.216 e. The number of ether oxygens (including phenoxy) is 1. The SMILES string of the molecule is Cc1cc(C2=N[C@@H]3CCCC[C@@H]3O2)cc(-n2c3ccc(C)cc3c3ccc(-n4c5ccc(C)cc5c5cccnc54)cc32)c1. The van der Waals surface area contributed by atoms with Gasteiger partial charge in [0.05, 0.1) is 22.6 Å². The second-order valence-electron chi connectivity index (χ2n) is 12.8. The van der Waals surface area contributed by atoms with Crippen molar-refractivity contribution in [2.24, 2.45) is 4.99 Å². The van der Waals surface area contributed by atoms with Crippen LogP contribution in [0.5, 0.6) is 0 Å². The standard InChI is InChI=1S/C39H34N4O/c1-23-10-14-34-31(19-23)29-13-12-27(43-35-15-11-24(2)20-32(35)30-7-6-16-40-38(30)43)22-36(29)42(34)28-18-25(3)17-26(21-28)39-41-33-8-4-5-9-37(33)44-39/h6-7,10-22,33,37H,4-5,8-9H2,1-3H3/t33-,37+/m1/s1. The second-order valence-corrected chi connectivity index (χ2v) is 12.8. The van der Waals surface area contributed by atoms with Crippen LogP contribution in [-0.4, -0.2) is 32.2 Å². The number of rotatable bonds is 3. The topological polar surface area (TPSA) is 44.3 Å². The van der Waals surface area contributed by atoms with Crippen LogP contribution in [0.25, 0.3) is 55.1 Å². The van der Waals surface area contributed by atoms with Crippen LogP contribution in [0.15, 0.2) is 96.1 Å². The molecule has 0 bridgehead atoms. The van der Waals surface area contributed by atoms with Crippen LogP contribution in [-0.2, 0) is 4.74 Å². The Bertz CT molecular complexity index is 2320. The molecule has 3 aromatic heterocycles. The van der Waals surface area contributed by atoms with E-state index in [1.54, 1.807) is 0 Å². The Kier molecular flexibility index (Phi) is 5.55. The lowest BCUT2D eigenvalue weighted by atomic mass is 9.94. The Hall–Kier alpha value is -4.90. The van der Waals surface area contributed by atoms with Crippen molar-refractivity contribution < 1.29 is 4.74 Å². The molecule has 2 aliphatic rings. The molecule has 1 fully saturated rings. The Morgan fingerprint density at radius 1 is 0.636 bits per heavy atom. The molecule has 1 aliphatic heterocycles. The van der Waals surface area contributed by atoms with Gasteiger partial charge in [-0.15, -0.1) is 0 Å². The van der Waals surface area contributed by atoms with Crippen molar-refractivity contribution in [1.82, 2.24) is 14.1 Å². The van der Waals surface area contributed by atoms with Gasteiger partial charge in [-0.1, -0.05) is 35.7 Å². The molecule has 5 nitrogen and oxygen atoms in total. The largest absolute Gasteiger partial charge is 0.472 e. The first kappa shape index (κ1) is 25.6. The summed E-state index contributed by atoms with van der Waals surface area (Å²) in [6.07, 6.45) is 6.81. The molecule has 0 N–H and O–H groups in total. The quantitative estimate of drug-likeness (QED) is 0.211. The minimum atomic E-state index is 0.227. The van der Waals surface area contributed by atoms with Crippen LogP contribution in [0.1, 0.15) is 47.9 Å². The van der Waals surface area contributed by atoms with Crippen LogP contribution >= 0.6 is 0 Å². The van der Waals surface area contributed by atoms with E-state index in [0.717, 1.165) is 46.8 Å². The predicted octanol–water partition coefficient (Wildman–Crippen LogP) is 9.29. The molecule has 2 atom stereocenters. The van der Waals surface area contributed by atoms with Gasteiger partial charge in [-0.2, -0.15) is 0 Å². The molecular formula is C39H34N4O. The van der Waals surface area contributed by atoms with Gasteiger partial charge >= 0.3 is 0 Å². The molecule has 5 heteroatoms. The van der Waals surface area contributed by atoms with Crippen LogP contribution < -0.4 is 0 Å². The number of benzene rings is 4. The van der Waals surface area contributed by atoms with Crippen molar-refractivity contribution in [1.29, 1.82) is 0 Å². The summed E-state index contributed by atoms with van der Waals surface area (Å²) in [5.41, 5.74) is 11.5. The average Bonchev–Trinajstić information content (AvgIpc) is 3.70. The van der Waals surface area contributed by atoms with Gasteiger partial charge in [-0.3, -0.25) is 4.57 Å². The number of fused-ring (bicyclic) bond motifs is 7. The van der Waals surface area contributed by atoms with Crippen molar-refractivity contribution in [3.63, 3.8) is 0 Å². The highest BCUT2D eigenvalue weighted by atomic mass is 16.5. The molecule has 9 rings (SSSR count). The molecule has 4 aromatic carbocycles. The van der Waals surface area contributed by atoms with E-state index < -0.39 is 0 Å². The predicted molar refractivity (Wildman–Crippen MR) is 181 cm³/mol. The van der Waals surface area contributed by atoms with E-state index in [2.05, 4.69) is 109 Å². The van der Waals surface area contributed by atoms with Crippen molar-refractivity contribution in [3.8, 4) is 11.4 Å². The maximum atomic E-state index is 6.46. The van der Waals surface area contributed by atoms with E-state index in [-0.39, 0.29) is 6.10 Å². The van der Waals surface area contributed by atoms with E-state index in [4.69, 9.17) is 14.7 Å². The molecule has 0 saturated heterocycles. The van der Waals surface area contributed by atoms with Gasteiger partial charge in [-0.25, -0.2) is 9.98 Å². The summed E-state index contributed by atoms with van der Waals surface area (Å²) in [6.45, 7) is 6.49. The Labute approximate surface area is 256 Å². The summed E-state index contributed by atoms with van der Waals surface area (Å²) in [5, 5.41) is 4.89. The Morgan fingerprint density at radius 3 is 2.23 bits per heavy atom. The highest BCUT2D eigenvalue weighted by Crippen LogP contribution is 2.38. The third kappa shape index (κ3) is 3.85. The minimum Gasteiger partial charge on any atom is -0.472 e. The lowest BCUT2D eigenvalue weighted by Gasteiger charge is -2.22. The summed E-state index contributed by atoms with van der Waals surface area (Å²) < 4.78 is 11.2. The molecular weight excluding hydrogens is 540 g/mol. The van der Waals surface area contributed by atoms with Crippen LogP contribution in [0.4, 0.5) is 0 Å². The van der Waals surface area contributed by atoms with E-state index >= 15 is 0 Å². The van der Waals surface area contributed by atoms with Crippen LogP contribution in [0.3, 0.4) is 0 Å². The molecule has 0 spiro atoms. The maximum absolute atomic E-state index is 6.46. The highest BCUT2D eigenvalue weighted by Gasteiger charge is 2.33. The van der Waals surface area contributed by atoms with E-state index in [9.17, 15) is 0 Å². The third-order valence-corrected chi connectivity index (χ3v) is 9.63. The van der Waals surface area contributed by atoms with Gasteiger partial charge in [0.2, 0.25) is 5.90 Å². The molecule has 0 amide bonds. The van der Waals surface area contributed by atoms with Crippen molar-refractivity contribution in [2.45, 2.75) is 58.6 Å². The molecule has 0 radical (unpaired) electrons. The highest BCUT2D eigenvalue weighted by molar-refractivity contribution is 6.11. The summed E-state index contributed by atoms with van der Waals surface area (Å²) in [5.74, 6) is 0.802. The first-order valence-corrected chi connectivity index (χ1v) is 15.8. The zero-order valence-electron chi connectivity index (χ0n) is 25.3. The molecule has 216 valence electrons. The van der Waals surface area contributed by atoms with Crippen molar-refractivity contribution in [3.05, 3.63) is 113 Å². The summed E-state index contributed by atoms with van der Waals surface area (Å²) in [6, 6.07) is 31.6. The Balaban J connectivity index is 1.29. The molecule has 1 saturated carbocycles. The fourth-order valence-electron chi connectivity index (χ4n) is 7.61. The second kappa shape index (κ2) is 9.55. The van der Waals surface area contributed by atoms with Crippen LogP contribution in [0, 0.1) is 20.8 Å². The van der Waals surface area contributed by atoms with Gasteiger partial charge < -0.3 is 9.30 Å². The summed E-state index contributed by atoms with van der Waals surface area (Å²) in [4.78, 5) is 9.93. The molecule has 0 unspecified atom stereocenters. The fourth-order valence-corrected chi connectivity index (χ4v) is 7.61. The molecule has 44 heavy (non-hydrogen) atoms. The van der Waals surface area contributed by atoms with Gasteiger partial charge in [0.15, 0.2) is 0 Å².